The molecule has 1 N–H and O–H groups in total. The highest BCUT2D eigenvalue weighted by molar-refractivity contribution is 7.92. The molecule has 30 heavy (non-hydrogen) atoms. The molecule has 0 saturated heterocycles. The topological polar surface area (TPSA) is 96.5 Å². The van der Waals surface area contributed by atoms with Gasteiger partial charge in [0.25, 0.3) is 10.0 Å². The molecule has 154 valence electrons. The maximum Gasteiger partial charge on any atom is 0.338 e. The first-order chi connectivity index (χ1) is 14.4. The molecule has 0 bridgehead atoms. The normalized spacial score (nSPS) is 15.6. The lowest BCUT2D eigenvalue weighted by atomic mass is 10.1. The summed E-state index contributed by atoms with van der Waals surface area (Å²) in [6.07, 6.45) is 2.22. The van der Waals surface area contributed by atoms with Crippen LogP contribution in [0.1, 0.15) is 33.3 Å². The highest BCUT2D eigenvalue weighted by atomic mass is 32.2. The molecule has 0 saturated carbocycles. The van der Waals surface area contributed by atoms with Gasteiger partial charge in [0.05, 0.1) is 21.8 Å². The van der Waals surface area contributed by atoms with Crippen LogP contribution in [0.4, 0.5) is 5.69 Å². The highest BCUT2D eigenvalue weighted by Crippen LogP contribution is 2.36. The molecular formula is C22H20N2O5S. The van der Waals surface area contributed by atoms with Crippen LogP contribution in [0.15, 0.2) is 71.8 Å². The Labute approximate surface area is 174 Å². The second-order valence-corrected chi connectivity index (χ2v) is 8.91. The van der Waals surface area contributed by atoms with Gasteiger partial charge in [-0.15, -0.1) is 0 Å². The van der Waals surface area contributed by atoms with Crippen LogP contribution in [0.25, 0.3) is 0 Å². The maximum atomic E-state index is 13.3. The van der Waals surface area contributed by atoms with Crippen LogP contribution in [0, 0.1) is 0 Å². The third-order valence-electron chi connectivity index (χ3n) is 5.00. The van der Waals surface area contributed by atoms with Gasteiger partial charge in [-0.05, 0) is 55.3 Å². The van der Waals surface area contributed by atoms with E-state index in [1.807, 2.05) is 19.1 Å². The van der Waals surface area contributed by atoms with E-state index in [9.17, 15) is 18.0 Å². The second-order valence-electron chi connectivity index (χ2n) is 7.09. The Morgan fingerprint density at radius 1 is 1.10 bits per heavy atom. The number of nitrogens with one attached hydrogen (secondary N) is 1. The first kappa shape index (κ1) is 19.9. The number of aromatic amines is 1. The minimum absolute atomic E-state index is 0.00352. The van der Waals surface area contributed by atoms with Crippen molar-refractivity contribution in [1.82, 2.24) is 4.98 Å². The van der Waals surface area contributed by atoms with E-state index in [0.717, 1.165) is 5.56 Å². The van der Waals surface area contributed by atoms with E-state index >= 15 is 0 Å². The monoisotopic (exact) mass is 424 g/mol. The number of rotatable bonds is 6. The van der Waals surface area contributed by atoms with Gasteiger partial charge in [-0.3, -0.25) is 9.10 Å². The number of nitrogens with zero attached hydrogens (tertiary/aromatic N) is 1. The lowest BCUT2D eigenvalue weighted by Gasteiger charge is -2.24. The number of Topliss-reactive ketones (excluding diaryl/α,β-unsaturated/α-hetero) is 1. The molecule has 0 radical (unpaired) electrons. The molecule has 4 rings (SSSR count). The fourth-order valence-corrected chi connectivity index (χ4v) is 5.34. The van der Waals surface area contributed by atoms with Crippen molar-refractivity contribution in [1.29, 1.82) is 0 Å². The Hall–Kier alpha value is -3.39. The number of ether oxygens (including phenoxy) is 1. The number of hydrogen-bond donors (Lipinski definition) is 1. The van der Waals surface area contributed by atoms with Crippen molar-refractivity contribution in [3.8, 4) is 0 Å². The zero-order valence-electron chi connectivity index (χ0n) is 16.2. The number of ketones is 1. The molecule has 0 unspecified atom stereocenters. The third-order valence-corrected chi connectivity index (χ3v) is 6.93. The standard InChI is InChI=1S/C22H20N2O5S/c1-15-12-16-6-2-3-10-20(16)24(15)30(27,28)18-8-4-7-17(13-18)22(26)29-14-21(25)19-9-5-11-23-19/h2-11,13,15,23H,12,14H2,1H3/t15-/m1/s1. The molecule has 1 atom stereocenters. The summed E-state index contributed by atoms with van der Waals surface area (Å²) in [6, 6.07) is 16.1. The molecule has 7 nitrogen and oxygen atoms in total. The van der Waals surface area contributed by atoms with Crippen LogP contribution < -0.4 is 4.31 Å². The highest BCUT2D eigenvalue weighted by Gasteiger charge is 2.36. The molecule has 0 amide bonds. The molecule has 2 heterocycles. The number of carbonyl (C=O) groups is 2. The van der Waals surface area contributed by atoms with E-state index in [-0.39, 0.29) is 22.3 Å². The largest absolute Gasteiger partial charge is 0.454 e. The Morgan fingerprint density at radius 2 is 1.90 bits per heavy atom. The first-order valence-corrected chi connectivity index (χ1v) is 10.9. The minimum atomic E-state index is -3.87. The predicted molar refractivity (Wildman–Crippen MR) is 111 cm³/mol. The number of fused-ring (bicyclic) bond motifs is 1. The van der Waals surface area contributed by atoms with Crippen LogP contribution in [0.3, 0.4) is 0 Å². The van der Waals surface area contributed by atoms with Crippen LogP contribution in [0.5, 0.6) is 0 Å². The van der Waals surface area contributed by atoms with Gasteiger partial charge in [0.1, 0.15) is 0 Å². The second kappa shape index (κ2) is 7.79. The fraction of sp³-hybridized carbons (Fsp3) is 0.182. The summed E-state index contributed by atoms with van der Waals surface area (Å²) >= 11 is 0. The Balaban J connectivity index is 1.55. The zero-order chi connectivity index (χ0) is 21.3. The van der Waals surface area contributed by atoms with Gasteiger partial charge < -0.3 is 9.72 Å². The molecule has 1 aliphatic rings. The molecule has 8 heteroatoms. The molecule has 2 aromatic carbocycles. The van der Waals surface area contributed by atoms with Crippen molar-refractivity contribution in [3.63, 3.8) is 0 Å². The van der Waals surface area contributed by atoms with Crippen LogP contribution in [0.2, 0.25) is 0 Å². The quantitative estimate of drug-likeness (QED) is 0.484. The summed E-state index contributed by atoms with van der Waals surface area (Å²) in [6.45, 7) is 1.41. The van der Waals surface area contributed by atoms with Gasteiger partial charge in [0.15, 0.2) is 6.61 Å². The summed E-state index contributed by atoms with van der Waals surface area (Å²) in [5, 5.41) is 0. The maximum absolute atomic E-state index is 13.3. The Kier molecular flexibility index (Phi) is 5.17. The third kappa shape index (κ3) is 3.61. The van der Waals surface area contributed by atoms with E-state index < -0.39 is 22.6 Å². The lowest BCUT2D eigenvalue weighted by Crippen LogP contribution is -2.35. The molecule has 0 aliphatic carbocycles. The summed E-state index contributed by atoms with van der Waals surface area (Å²) < 4.78 is 33.1. The van der Waals surface area contributed by atoms with E-state index in [0.29, 0.717) is 17.8 Å². The van der Waals surface area contributed by atoms with Crippen molar-refractivity contribution in [3.05, 3.63) is 83.7 Å². The summed E-state index contributed by atoms with van der Waals surface area (Å²) in [4.78, 5) is 27.1. The van der Waals surface area contributed by atoms with Gasteiger partial charge in [-0.25, -0.2) is 13.2 Å². The molecule has 3 aromatic rings. The fourth-order valence-electron chi connectivity index (χ4n) is 3.60. The molecule has 1 aromatic heterocycles. The van der Waals surface area contributed by atoms with Crippen LogP contribution >= 0.6 is 0 Å². The van der Waals surface area contributed by atoms with E-state index in [1.54, 1.807) is 30.5 Å². The van der Waals surface area contributed by atoms with Crippen molar-refractivity contribution in [2.75, 3.05) is 10.9 Å². The number of H-pyrrole nitrogens is 1. The Morgan fingerprint density at radius 3 is 2.67 bits per heavy atom. The summed E-state index contributed by atoms with van der Waals surface area (Å²) in [7, 11) is -3.87. The smallest absolute Gasteiger partial charge is 0.338 e. The minimum Gasteiger partial charge on any atom is -0.454 e. The number of benzene rings is 2. The molecule has 1 aliphatic heterocycles. The van der Waals surface area contributed by atoms with Gasteiger partial charge in [0.2, 0.25) is 5.78 Å². The van der Waals surface area contributed by atoms with E-state index in [2.05, 4.69) is 4.98 Å². The Bertz CT molecular complexity index is 1200. The summed E-state index contributed by atoms with van der Waals surface area (Å²) in [5.74, 6) is -1.14. The van der Waals surface area contributed by atoms with E-state index in [4.69, 9.17) is 4.74 Å². The average Bonchev–Trinajstić information content (AvgIpc) is 3.39. The first-order valence-electron chi connectivity index (χ1n) is 9.44. The predicted octanol–water partition coefficient (Wildman–Crippen LogP) is 3.19. The molecule has 0 fully saturated rings. The number of aromatic nitrogens is 1. The number of para-hydroxylation sites is 1. The zero-order valence-corrected chi connectivity index (χ0v) is 17.1. The lowest BCUT2D eigenvalue weighted by molar-refractivity contribution is 0.0473. The molecule has 0 spiro atoms. The van der Waals surface area contributed by atoms with Crippen molar-refractivity contribution in [2.24, 2.45) is 0 Å². The van der Waals surface area contributed by atoms with Crippen LogP contribution in [-0.4, -0.2) is 37.8 Å². The van der Waals surface area contributed by atoms with Crippen molar-refractivity contribution >= 4 is 27.5 Å². The van der Waals surface area contributed by atoms with Gasteiger partial charge >= 0.3 is 5.97 Å². The SMILES string of the molecule is C[C@@H]1Cc2ccccc2N1S(=O)(=O)c1cccc(C(=O)OCC(=O)c2ccc[nH]2)c1. The van der Waals surface area contributed by atoms with Crippen LogP contribution in [-0.2, 0) is 21.2 Å². The summed E-state index contributed by atoms with van der Waals surface area (Å²) in [5.41, 5.74) is 2.01. The van der Waals surface area contributed by atoms with Crippen molar-refractivity contribution in [2.45, 2.75) is 24.3 Å². The van der Waals surface area contributed by atoms with Gasteiger partial charge in [-0.1, -0.05) is 24.3 Å². The number of carbonyl (C=O) groups excluding carboxylic acids is 2. The van der Waals surface area contributed by atoms with E-state index in [1.165, 1.54) is 28.6 Å². The number of esters is 1. The molecular weight excluding hydrogens is 404 g/mol. The van der Waals surface area contributed by atoms with Gasteiger partial charge in [0, 0.05) is 12.2 Å². The number of sulfonamides is 1. The number of anilines is 1. The van der Waals surface area contributed by atoms with Crippen molar-refractivity contribution < 1.29 is 22.7 Å². The number of hydrogen-bond acceptors (Lipinski definition) is 5. The average molecular weight is 424 g/mol. The van der Waals surface area contributed by atoms with Gasteiger partial charge in [-0.2, -0.15) is 0 Å².